The number of rotatable bonds is 7. The second-order valence-corrected chi connectivity index (χ2v) is 7.35. The molecule has 1 aliphatic carbocycles. The lowest BCUT2D eigenvalue weighted by molar-refractivity contribution is -0.129. The van der Waals surface area contributed by atoms with Crippen molar-refractivity contribution in [1.82, 2.24) is 10.2 Å². The van der Waals surface area contributed by atoms with Crippen molar-refractivity contribution in [3.8, 4) is 0 Å². The number of nitrogens with one attached hydrogen (secondary N) is 1. The molecule has 1 aromatic carbocycles. The number of carbonyl (C=O) groups is 3. The maximum atomic E-state index is 12.5. The predicted molar refractivity (Wildman–Crippen MR) is 101 cm³/mol. The van der Waals surface area contributed by atoms with Gasteiger partial charge in [0.25, 0.3) is 5.91 Å². The fourth-order valence-corrected chi connectivity index (χ4v) is 3.92. The van der Waals surface area contributed by atoms with Gasteiger partial charge in [-0.1, -0.05) is 31.4 Å². The minimum atomic E-state index is -0.565. The summed E-state index contributed by atoms with van der Waals surface area (Å²) < 4.78 is 5.01. The Balaban J connectivity index is 1.93. The first kappa shape index (κ1) is 20.3. The van der Waals surface area contributed by atoms with Gasteiger partial charge in [-0.15, -0.1) is 11.8 Å². The fourth-order valence-electron chi connectivity index (χ4n) is 2.96. The molecule has 0 aliphatic heterocycles. The molecule has 1 aromatic rings. The number of carbonyl (C=O) groups excluding carboxylic acids is 3. The molecule has 7 heteroatoms. The summed E-state index contributed by atoms with van der Waals surface area (Å²) in [7, 11) is 3.34. The Hall–Kier alpha value is -2.02. The van der Waals surface area contributed by atoms with Crippen molar-refractivity contribution >= 4 is 29.5 Å². The number of ether oxygens (including phenoxy) is 1. The molecule has 0 aromatic heterocycles. The average Bonchev–Trinajstić information content (AvgIpc) is 2.70. The minimum Gasteiger partial charge on any atom is -0.452 e. The summed E-state index contributed by atoms with van der Waals surface area (Å²) in [5.74, 6) is -0.597. The van der Waals surface area contributed by atoms with E-state index in [1.54, 1.807) is 18.2 Å². The van der Waals surface area contributed by atoms with Crippen LogP contribution in [0.1, 0.15) is 42.5 Å². The van der Waals surface area contributed by atoms with E-state index in [9.17, 15) is 14.4 Å². The highest BCUT2D eigenvalue weighted by atomic mass is 32.2. The van der Waals surface area contributed by atoms with Crippen molar-refractivity contribution in [2.24, 2.45) is 0 Å². The molecular formula is C19H26N2O4S. The normalized spacial score (nSPS) is 14.5. The third kappa shape index (κ3) is 5.76. The first-order chi connectivity index (χ1) is 12.5. The van der Waals surface area contributed by atoms with Gasteiger partial charge in [0.15, 0.2) is 6.61 Å². The van der Waals surface area contributed by atoms with Crippen LogP contribution in [-0.2, 0) is 14.3 Å². The highest BCUT2D eigenvalue weighted by molar-refractivity contribution is 8.00. The van der Waals surface area contributed by atoms with Crippen LogP contribution in [0.25, 0.3) is 0 Å². The lowest BCUT2D eigenvalue weighted by Gasteiger charge is -2.31. The first-order valence-electron chi connectivity index (χ1n) is 8.88. The van der Waals surface area contributed by atoms with Crippen LogP contribution in [0, 0.1) is 0 Å². The summed E-state index contributed by atoms with van der Waals surface area (Å²) in [5.41, 5.74) is 0.370. The highest BCUT2D eigenvalue weighted by Crippen LogP contribution is 2.26. The van der Waals surface area contributed by atoms with Crippen LogP contribution in [-0.4, -0.2) is 55.2 Å². The smallest absolute Gasteiger partial charge is 0.339 e. The second kappa shape index (κ2) is 10.2. The van der Waals surface area contributed by atoms with Gasteiger partial charge in [-0.25, -0.2) is 4.79 Å². The summed E-state index contributed by atoms with van der Waals surface area (Å²) in [4.78, 5) is 38.4. The van der Waals surface area contributed by atoms with Gasteiger partial charge in [-0.2, -0.15) is 0 Å². The maximum absolute atomic E-state index is 12.5. The van der Waals surface area contributed by atoms with Gasteiger partial charge >= 0.3 is 5.97 Å². The predicted octanol–water partition coefficient (Wildman–Crippen LogP) is 2.47. The second-order valence-electron chi connectivity index (χ2n) is 6.33. The van der Waals surface area contributed by atoms with Crippen LogP contribution in [0.15, 0.2) is 29.2 Å². The van der Waals surface area contributed by atoms with Crippen molar-refractivity contribution < 1.29 is 19.1 Å². The van der Waals surface area contributed by atoms with Gasteiger partial charge in [0.1, 0.15) is 0 Å². The van der Waals surface area contributed by atoms with Crippen LogP contribution >= 0.6 is 11.8 Å². The number of benzene rings is 1. The van der Waals surface area contributed by atoms with E-state index in [1.165, 1.54) is 38.1 Å². The van der Waals surface area contributed by atoms with Crippen LogP contribution in [0.2, 0.25) is 0 Å². The van der Waals surface area contributed by atoms with E-state index in [2.05, 4.69) is 5.32 Å². The Morgan fingerprint density at radius 1 is 1.19 bits per heavy atom. The molecule has 2 rings (SSSR count). The molecular weight excluding hydrogens is 352 g/mol. The molecule has 1 aliphatic rings. The Kier molecular flexibility index (Phi) is 7.97. The molecule has 26 heavy (non-hydrogen) atoms. The van der Waals surface area contributed by atoms with Gasteiger partial charge < -0.3 is 15.0 Å². The van der Waals surface area contributed by atoms with E-state index in [0.717, 1.165) is 12.8 Å². The molecule has 1 fully saturated rings. The molecule has 0 bridgehead atoms. The van der Waals surface area contributed by atoms with Gasteiger partial charge in [0.05, 0.1) is 11.3 Å². The molecule has 2 amide bonds. The van der Waals surface area contributed by atoms with Crippen LogP contribution in [0.5, 0.6) is 0 Å². The summed E-state index contributed by atoms with van der Waals surface area (Å²) in [6.07, 6.45) is 5.73. The van der Waals surface area contributed by atoms with E-state index < -0.39 is 5.97 Å². The Labute approximate surface area is 158 Å². The molecule has 142 valence electrons. The van der Waals surface area contributed by atoms with Gasteiger partial charge in [0.2, 0.25) is 5.91 Å². The molecule has 0 spiro atoms. The third-order valence-electron chi connectivity index (χ3n) is 4.59. The number of hydrogen-bond acceptors (Lipinski definition) is 5. The van der Waals surface area contributed by atoms with Gasteiger partial charge in [-0.05, 0) is 25.0 Å². The van der Waals surface area contributed by atoms with Crippen LogP contribution in [0.3, 0.4) is 0 Å². The van der Waals surface area contributed by atoms with E-state index in [0.29, 0.717) is 16.5 Å². The number of esters is 1. The number of nitrogens with zero attached hydrogens (tertiary/aromatic N) is 1. The average molecular weight is 378 g/mol. The highest BCUT2D eigenvalue weighted by Gasteiger charge is 2.22. The number of amides is 2. The standard InChI is InChI=1S/C19H26N2O4S/c1-20-17(22)12-25-19(24)15-10-6-7-11-16(15)26-13-18(23)21(2)14-8-4-3-5-9-14/h6-7,10-11,14H,3-5,8-9,12-13H2,1-2H3,(H,20,22). The van der Waals surface area contributed by atoms with Crippen molar-refractivity contribution in [3.05, 3.63) is 29.8 Å². The molecule has 0 radical (unpaired) electrons. The SMILES string of the molecule is CNC(=O)COC(=O)c1ccccc1SCC(=O)N(C)C1CCCCC1. The molecule has 1 N–H and O–H groups in total. The van der Waals surface area contributed by atoms with Gasteiger partial charge in [0, 0.05) is 25.0 Å². The molecule has 0 saturated heterocycles. The Morgan fingerprint density at radius 2 is 1.88 bits per heavy atom. The van der Waals surface area contributed by atoms with E-state index >= 15 is 0 Å². The zero-order valence-electron chi connectivity index (χ0n) is 15.3. The molecule has 0 unspecified atom stereocenters. The topological polar surface area (TPSA) is 75.7 Å². The Morgan fingerprint density at radius 3 is 2.58 bits per heavy atom. The van der Waals surface area contributed by atoms with Crippen molar-refractivity contribution in [3.63, 3.8) is 0 Å². The quantitative estimate of drug-likeness (QED) is 0.583. The summed E-state index contributed by atoms with van der Waals surface area (Å²) >= 11 is 1.32. The summed E-state index contributed by atoms with van der Waals surface area (Å²) in [5, 5.41) is 2.40. The first-order valence-corrected chi connectivity index (χ1v) is 9.86. The molecule has 0 atom stereocenters. The lowest BCUT2D eigenvalue weighted by atomic mass is 9.94. The number of likely N-dealkylation sites (N-methyl/N-ethyl adjacent to an activating group) is 1. The monoisotopic (exact) mass is 378 g/mol. The molecule has 1 saturated carbocycles. The Bertz CT molecular complexity index is 644. The summed E-state index contributed by atoms with van der Waals surface area (Å²) in [6, 6.07) is 7.30. The summed E-state index contributed by atoms with van der Waals surface area (Å²) in [6.45, 7) is -0.322. The minimum absolute atomic E-state index is 0.0652. The van der Waals surface area contributed by atoms with Gasteiger partial charge in [-0.3, -0.25) is 9.59 Å². The van der Waals surface area contributed by atoms with Crippen LogP contribution in [0.4, 0.5) is 0 Å². The van der Waals surface area contributed by atoms with E-state index in [4.69, 9.17) is 4.74 Å². The largest absolute Gasteiger partial charge is 0.452 e. The van der Waals surface area contributed by atoms with Crippen molar-refractivity contribution in [2.75, 3.05) is 26.5 Å². The van der Waals surface area contributed by atoms with E-state index in [-0.39, 0.29) is 24.2 Å². The van der Waals surface area contributed by atoms with Crippen LogP contribution < -0.4 is 5.32 Å². The number of thioether (sulfide) groups is 1. The van der Waals surface area contributed by atoms with E-state index in [1.807, 2.05) is 18.0 Å². The lowest BCUT2D eigenvalue weighted by Crippen LogP contribution is -2.39. The van der Waals surface area contributed by atoms with Crippen molar-refractivity contribution in [1.29, 1.82) is 0 Å². The molecule has 0 heterocycles. The third-order valence-corrected chi connectivity index (χ3v) is 5.65. The number of hydrogen-bond donors (Lipinski definition) is 1. The fraction of sp³-hybridized carbons (Fsp3) is 0.526. The molecule has 6 nitrogen and oxygen atoms in total. The zero-order valence-corrected chi connectivity index (χ0v) is 16.1. The maximum Gasteiger partial charge on any atom is 0.339 e. The zero-order chi connectivity index (χ0) is 18.9. The van der Waals surface area contributed by atoms with Crippen molar-refractivity contribution in [2.45, 2.75) is 43.0 Å².